The molecule has 1 fully saturated rings. The number of nitrogens with one attached hydrogen (secondary N) is 2. The summed E-state index contributed by atoms with van der Waals surface area (Å²) in [4.78, 5) is 0.160. The van der Waals surface area contributed by atoms with Crippen LogP contribution in [0.15, 0.2) is 23.1 Å². The molecule has 0 spiro atoms. The molecule has 0 radical (unpaired) electrons. The highest BCUT2D eigenvalue weighted by atomic mass is 32.2. The lowest BCUT2D eigenvalue weighted by molar-refractivity contribution is 0.0540. The van der Waals surface area contributed by atoms with Crippen LogP contribution in [0.25, 0.3) is 0 Å². The number of rotatable bonds is 4. The van der Waals surface area contributed by atoms with Crippen molar-refractivity contribution in [3.8, 4) is 0 Å². The van der Waals surface area contributed by atoms with Crippen molar-refractivity contribution in [3.63, 3.8) is 0 Å². The Bertz CT molecular complexity index is 581. The first-order valence-electron chi connectivity index (χ1n) is 6.55. The molecular formula is C13H21N3O3S. The molecule has 20 heavy (non-hydrogen) atoms. The van der Waals surface area contributed by atoms with Gasteiger partial charge in [-0.15, -0.1) is 0 Å². The molecule has 1 heterocycles. The summed E-state index contributed by atoms with van der Waals surface area (Å²) in [5.74, 6) is 0. The molecule has 1 atom stereocenters. The largest absolute Gasteiger partial charge is 0.397 e. The van der Waals surface area contributed by atoms with E-state index in [-0.39, 0.29) is 10.4 Å². The van der Waals surface area contributed by atoms with Gasteiger partial charge in [0.05, 0.1) is 28.4 Å². The van der Waals surface area contributed by atoms with Crippen molar-refractivity contribution >= 4 is 21.4 Å². The maximum Gasteiger partial charge on any atom is 0.240 e. The second kappa shape index (κ2) is 5.59. The molecule has 0 amide bonds. The van der Waals surface area contributed by atoms with Crippen molar-refractivity contribution < 1.29 is 13.2 Å². The Morgan fingerprint density at radius 1 is 1.40 bits per heavy atom. The zero-order chi connectivity index (χ0) is 14.8. The van der Waals surface area contributed by atoms with Crippen LogP contribution in [-0.2, 0) is 14.8 Å². The van der Waals surface area contributed by atoms with Crippen LogP contribution in [-0.4, -0.2) is 34.2 Å². The molecule has 1 aliphatic rings. The van der Waals surface area contributed by atoms with Gasteiger partial charge in [-0.25, -0.2) is 13.1 Å². The zero-order valence-electron chi connectivity index (χ0n) is 11.8. The van der Waals surface area contributed by atoms with Crippen molar-refractivity contribution in [1.82, 2.24) is 4.72 Å². The van der Waals surface area contributed by atoms with E-state index in [0.717, 1.165) is 25.1 Å². The van der Waals surface area contributed by atoms with E-state index in [4.69, 9.17) is 10.5 Å². The van der Waals surface area contributed by atoms with Crippen molar-refractivity contribution in [3.05, 3.63) is 18.2 Å². The molecule has 1 aliphatic heterocycles. The first kappa shape index (κ1) is 15.1. The van der Waals surface area contributed by atoms with Crippen molar-refractivity contribution in [1.29, 1.82) is 0 Å². The van der Waals surface area contributed by atoms with E-state index in [1.807, 2.05) is 0 Å². The van der Waals surface area contributed by atoms with E-state index in [1.165, 1.54) is 19.2 Å². The van der Waals surface area contributed by atoms with Gasteiger partial charge in [-0.1, -0.05) is 0 Å². The predicted octanol–water partition coefficient (Wildman–Crippen LogP) is 1.16. The zero-order valence-corrected chi connectivity index (χ0v) is 12.6. The highest BCUT2D eigenvalue weighted by molar-refractivity contribution is 7.89. The van der Waals surface area contributed by atoms with E-state index in [2.05, 4.69) is 17.0 Å². The number of nitrogens with two attached hydrogens (primary N) is 1. The van der Waals surface area contributed by atoms with Crippen LogP contribution < -0.4 is 15.8 Å². The Labute approximate surface area is 119 Å². The fourth-order valence-corrected chi connectivity index (χ4v) is 3.06. The normalized spacial score (nSPS) is 23.5. The topological polar surface area (TPSA) is 93.5 Å². The highest BCUT2D eigenvalue weighted by Crippen LogP contribution is 2.29. The third-order valence-corrected chi connectivity index (χ3v) is 4.89. The second-order valence-corrected chi connectivity index (χ2v) is 7.18. The second-order valence-electron chi connectivity index (χ2n) is 5.30. The number of nitrogen functional groups attached to an aromatic ring is 1. The first-order chi connectivity index (χ1) is 9.36. The van der Waals surface area contributed by atoms with Crippen LogP contribution in [0.5, 0.6) is 0 Å². The lowest BCUT2D eigenvalue weighted by atomic mass is 9.94. The predicted molar refractivity (Wildman–Crippen MR) is 79.2 cm³/mol. The molecule has 1 unspecified atom stereocenters. The number of anilines is 2. The van der Waals surface area contributed by atoms with Gasteiger partial charge in [0.1, 0.15) is 0 Å². The van der Waals surface area contributed by atoms with Gasteiger partial charge in [-0.05, 0) is 45.0 Å². The number of sulfonamides is 1. The van der Waals surface area contributed by atoms with Crippen LogP contribution in [0.2, 0.25) is 0 Å². The van der Waals surface area contributed by atoms with Crippen LogP contribution in [0.3, 0.4) is 0 Å². The Balaban J connectivity index is 2.22. The fourth-order valence-electron chi connectivity index (χ4n) is 2.30. The number of ether oxygens (including phenoxy) is 1. The Hall–Kier alpha value is -1.31. The molecule has 0 aliphatic carbocycles. The van der Waals surface area contributed by atoms with Gasteiger partial charge in [0, 0.05) is 6.61 Å². The first-order valence-corrected chi connectivity index (χ1v) is 8.04. The molecule has 0 bridgehead atoms. The van der Waals surface area contributed by atoms with Gasteiger partial charge >= 0.3 is 0 Å². The lowest BCUT2D eigenvalue weighted by Gasteiger charge is -2.35. The maximum atomic E-state index is 11.7. The SMILES string of the molecule is CNS(=O)(=O)c1ccc(NC2(C)CCCOC2)c(N)c1. The highest BCUT2D eigenvalue weighted by Gasteiger charge is 2.28. The molecule has 6 nitrogen and oxygen atoms in total. The van der Waals surface area contributed by atoms with E-state index in [9.17, 15) is 8.42 Å². The van der Waals surface area contributed by atoms with Gasteiger partial charge in [0.25, 0.3) is 0 Å². The lowest BCUT2D eigenvalue weighted by Crippen LogP contribution is -2.43. The third-order valence-electron chi connectivity index (χ3n) is 3.48. The van der Waals surface area contributed by atoms with Gasteiger partial charge < -0.3 is 15.8 Å². The Morgan fingerprint density at radius 2 is 2.15 bits per heavy atom. The van der Waals surface area contributed by atoms with Gasteiger partial charge in [-0.2, -0.15) is 0 Å². The molecule has 1 aromatic rings. The molecule has 1 saturated heterocycles. The molecule has 0 saturated carbocycles. The average Bonchev–Trinajstić information content (AvgIpc) is 2.41. The maximum absolute atomic E-state index is 11.7. The number of hydrogen-bond donors (Lipinski definition) is 3. The minimum atomic E-state index is -3.47. The smallest absolute Gasteiger partial charge is 0.240 e. The van der Waals surface area contributed by atoms with Crippen LogP contribution in [0.1, 0.15) is 19.8 Å². The summed E-state index contributed by atoms with van der Waals surface area (Å²) in [5, 5.41) is 3.36. The molecule has 1 aromatic carbocycles. The fraction of sp³-hybridized carbons (Fsp3) is 0.538. The van der Waals surface area contributed by atoms with E-state index < -0.39 is 10.0 Å². The molecule has 0 aromatic heterocycles. The summed E-state index contributed by atoms with van der Waals surface area (Å²) in [6.07, 6.45) is 1.98. The summed E-state index contributed by atoms with van der Waals surface area (Å²) in [7, 11) is -2.10. The molecular weight excluding hydrogens is 278 g/mol. The van der Waals surface area contributed by atoms with Crippen molar-refractivity contribution in [2.45, 2.75) is 30.2 Å². The third kappa shape index (κ3) is 3.23. The van der Waals surface area contributed by atoms with Gasteiger partial charge in [0.2, 0.25) is 10.0 Å². The monoisotopic (exact) mass is 299 g/mol. The van der Waals surface area contributed by atoms with Gasteiger partial charge in [0.15, 0.2) is 0 Å². The molecule has 7 heteroatoms. The average molecular weight is 299 g/mol. The summed E-state index contributed by atoms with van der Waals surface area (Å²) < 4.78 is 31.2. The summed E-state index contributed by atoms with van der Waals surface area (Å²) in [6, 6.07) is 4.69. The molecule has 112 valence electrons. The summed E-state index contributed by atoms with van der Waals surface area (Å²) in [6.45, 7) is 3.47. The number of benzene rings is 1. The van der Waals surface area contributed by atoms with Crippen molar-refractivity contribution in [2.75, 3.05) is 31.3 Å². The molecule has 4 N–H and O–H groups in total. The van der Waals surface area contributed by atoms with E-state index in [1.54, 1.807) is 6.07 Å². The summed E-state index contributed by atoms with van der Waals surface area (Å²) >= 11 is 0. The van der Waals surface area contributed by atoms with E-state index in [0.29, 0.717) is 12.3 Å². The van der Waals surface area contributed by atoms with Crippen LogP contribution in [0, 0.1) is 0 Å². The molecule has 2 rings (SSSR count). The number of hydrogen-bond acceptors (Lipinski definition) is 5. The summed E-state index contributed by atoms with van der Waals surface area (Å²) in [5.41, 5.74) is 6.92. The Morgan fingerprint density at radius 3 is 2.70 bits per heavy atom. The van der Waals surface area contributed by atoms with Crippen LogP contribution in [0.4, 0.5) is 11.4 Å². The van der Waals surface area contributed by atoms with Gasteiger partial charge in [-0.3, -0.25) is 0 Å². The standard InChI is InChI=1S/C13H21N3O3S/c1-13(6-3-7-19-9-13)16-12-5-4-10(8-11(12)14)20(17,18)15-2/h4-5,8,15-16H,3,6-7,9,14H2,1-2H3. The minimum absolute atomic E-state index is 0.160. The van der Waals surface area contributed by atoms with Crippen molar-refractivity contribution in [2.24, 2.45) is 0 Å². The van der Waals surface area contributed by atoms with E-state index >= 15 is 0 Å². The Kier molecular flexibility index (Phi) is 4.22. The van der Waals surface area contributed by atoms with Crippen LogP contribution >= 0.6 is 0 Å². The minimum Gasteiger partial charge on any atom is -0.397 e. The quantitative estimate of drug-likeness (QED) is 0.725.